The molecule has 8 nitrogen and oxygen atoms in total. The van der Waals surface area contributed by atoms with E-state index in [2.05, 4.69) is 5.32 Å². The summed E-state index contributed by atoms with van der Waals surface area (Å²) in [5, 5.41) is 2.68. The molecular formula is C17H24N2O6S. The third kappa shape index (κ3) is 5.18. The predicted octanol–water partition coefficient (Wildman–Crippen LogP) is 0.925. The molecule has 1 saturated heterocycles. The van der Waals surface area contributed by atoms with Crippen molar-refractivity contribution in [1.82, 2.24) is 5.32 Å². The maximum atomic E-state index is 12.2. The fraction of sp³-hybridized carbons (Fsp3) is 0.529. The van der Waals surface area contributed by atoms with E-state index in [-0.39, 0.29) is 36.9 Å². The van der Waals surface area contributed by atoms with Crippen LogP contribution in [0, 0.1) is 0 Å². The number of esters is 1. The van der Waals surface area contributed by atoms with Crippen LogP contribution in [0.5, 0.6) is 0 Å². The van der Waals surface area contributed by atoms with Gasteiger partial charge in [-0.1, -0.05) is 12.1 Å². The highest BCUT2D eigenvalue weighted by Crippen LogP contribution is 2.23. The van der Waals surface area contributed by atoms with Gasteiger partial charge in [0.15, 0.2) is 0 Å². The molecule has 0 spiro atoms. The zero-order chi connectivity index (χ0) is 19.2. The second-order valence-electron chi connectivity index (χ2n) is 5.87. The second-order valence-corrected chi connectivity index (χ2v) is 7.77. The lowest BCUT2D eigenvalue weighted by Gasteiger charge is -2.24. The van der Waals surface area contributed by atoms with Gasteiger partial charge < -0.3 is 14.8 Å². The Kier molecular flexibility index (Phi) is 6.98. The maximum Gasteiger partial charge on any atom is 0.340 e. The van der Waals surface area contributed by atoms with Crippen LogP contribution in [0.15, 0.2) is 24.3 Å². The molecule has 0 aromatic heterocycles. The minimum atomic E-state index is -3.66. The number of hydrogen-bond acceptors (Lipinski definition) is 6. The summed E-state index contributed by atoms with van der Waals surface area (Å²) in [6.07, 6.45) is 2.07. The molecule has 1 aliphatic heterocycles. The molecule has 1 aromatic rings. The smallest absolute Gasteiger partial charge is 0.340 e. The van der Waals surface area contributed by atoms with Gasteiger partial charge in [-0.05, 0) is 31.9 Å². The molecule has 26 heavy (non-hydrogen) atoms. The highest BCUT2D eigenvalue weighted by atomic mass is 32.2. The molecule has 144 valence electrons. The van der Waals surface area contributed by atoms with Gasteiger partial charge in [-0.25, -0.2) is 13.2 Å². The number of carbonyl (C=O) groups excluding carboxylic acids is 2. The maximum absolute atomic E-state index is 12.2. The number of nitrogens with one attached hydrogen (secondary N) is 1. The summed E-state index contributed by atoms with van der Waals surface area (Å²) >= 11 is 0. The molecule has 1 fully saturated rings. The van der Waals surface area contributed by atoms with Crippen molar-refractivity contribution in [3.05, 3.63) is 29.8 Å². The second kappa shape index (κ2) is 9.00. The number of ether oxygens (including phenoxy) is 2. The number of amides is 1. The number of sulfonamides is 1. The van der Waals surface area contributed by atoms with E-state index in [0.29, 0.717) is 13.0 Å². The lowest BCUT2D eigenvalue weighted by atomic mass is 10.2. The average Bonchev–Trinajstić information content (AvgIpc) is 3.12. The molecule has 0 saturated carbocycles. The van der Waals surface area contributed by atoms with Crippen molar-refractivity contribution in [1.29, 1.82) is 0 Å². The first kappa shape index (κ1) is 20.2. The zero-order valence-corrected chi connectivity index (χ0v) is 15.8. The monoisotopic (exact) mass is 384 g/mol. The van der Waals surface area contributed by atoms with E-state index >= 15 is 0 Å². The SMILES string of the molecule is CCOC(=O)c1ccccc1N(CCNC(=O)C1CCCO1)S(C)(=O)=O. The third-order valence-electron chi connectivity index (χ3n) is 3.90. The number of hydrogen-bond donors (Lipinski definition) is 1. The number of anilines is 1. The normalized spacial score (nSPS) is 16.9. The summed E-state index contributed by atoms with van der Waals surface area (Å²) in [5.74, 6) is -0.852. The van der Waals surface area contributed by atoms with Gasteiger partial charge in [0.05, 0.1) is 30.7 Å². The summed E-state index contributed by atoms with van der Waals surface area (Å²) in [6.45, 7) is 2.51. The van der Waals surface area contributed by atoms with Crippen molar-refractivity contribution in [2.75, 3.05) is 36.9 Å². The van der Waals surface area contributed by atoms with Crippen molar-refractivity contribution < 1.29 is 27.5 Å². The summed E-state index contributed by atoms with van der Waals surface area (Å²) in [4.78, 5) is 24.1. The van der Waals surface area contributed by atoms with Crippen LogP contribution >= 0.6 is 0 Å². The summed E-state index contributed by atoms with van der Waals surface area (Å²) in [5.41, 5.74) is 0.380. The lowest BCUT2D eigenvalue weighted by molar-refractivity contribution is -0.129. The Morgan fingerprint density at radius 2 is 2.08 bits per heavy atom. The van der Waals surface area contributed by atoms with Crippen LogP contribution in [0.1, 0.15) is 30.1 Å². The van der Waals surface area contributed by atoms with E-state index in [1.165, 1.54) is 12.1 Å². The number of para-hydroxylation sites is 1. The standard InChI is InChI=1S/C17H24N2O6S/c1-3-24-17(21)13-7-4-5-8-14(13)19(26(2,22)23)11-10-18-16(20)15-9-6-12-25-15/h4-5,7-8,15H,3,6,9-12H2,1-2H3,(H,18,20). The van der Waals surface area contributed by atoms with Crippen LogP contribution in [-0.4, -0.2) is 59.0 Å². The fourth-order valence-corrected chi connectivity index (χ4v) is 3.66. The Hall–Kier alpha value is -2.13. The molecule has 0 aliphatic carbocycles. The third-order valence-corrected chi connectivity index (χ3v) is 5.08. The van der Waals surface area contributed by atoms with Crippen molar-refractivity contribution in [2.45, 2.75) is 25.9 Å². The molecule has 1 heterocycles. The van der Waals surface area contributed by atoms with Crippen LogP contribution in [0.25, 0.3) is 0 Å². The lowest BCUT2D eigenvalue weighted by Crippen LogP contribution is -2.41. The van der Waals surface area contributed by atoms with Crippen LogP contribution in [0.4, 0.5) is 5.69 Å². The molecule has 1 aliphatic rings. The molecule has 1 aromatic carbocycles. The quantitative estimate of drug-likeness (QED) is 0.669. The molecule has 1 atom stereocenters. The Labute approximate surface area is 153 Å². The number of carbonyl (C=O) groups is 2. The van der Waals surface area contributed by atoms with Gasteiger partial charge >= 0.3 is 5.97 Å². The summed E-state index contributed by atoms with van der Waals surface area (Å²) in [7, 11) is -3.66. The van der Waals surface area contributed by atoms with E-state index in [1.54, 1.807) is 19.1 Å². The van der Waals surface area contributed by atoms with E-state index < -0.39 is 22.1 Å². The largest absolute Gasteiger partial charge is 0.462 e. The van der Waals surface area contributed by atoms with Gasteiger partial charge in [0.2, 0.25) is 15.9 Å². The highest BCUT2D eigenvalue weighted by molar-refractivity contribution is 7.92. The van der Waals surface area contributed by atoms with Crippen LogP contribution in [0.3, 0.4) is 0 Å². The predicted molar refractivity (Wildman–Crippen MR) is 96.6 cm³/mol. The Bertz CT molecular complexity index is 743. The van der Waals surface area contributed by atoms with Gasteiger partial charge in [-0.15, -0.1) is 0 Å². The molecule has 1 N–H and O–H groups in total. The number of benzene rings is 1. The highest BCUT2D eigenvalue weighted by Gasteiger charge is 2.26. The van der Waals surface area contributed by atoms with Gasteiger partial charge in [0.25, 0.3) is 0 Å². The average molecular weight is 384 g/mol. The summed E-state index contributed by atoms with van der Waals surface area (Å²) in [6, 6.07) is 6.32. The molecule has 9 heteroatoms. The Morgan fingerprint density at radius 1 is 1.35 bits per heavy atom. The first-order chi connectivity index (χ1) is 12.3. The molecular weight excluding hydrogens is 360 g/mol. The van der Waals surface area contributed by atoms with Gasteiger partial charge in [0, 0.05) is 13.2 Å². The fourth-order valence-electron chi connectivity index (χ4n) is 2.72. The van der Waals surface area contributed by atoms with E-state index in [1.807, 2.05) is 0 Å². The summed E-state index contributed by atoms with van der Waals surface area (Å²) < 4.78 is 35.8. The van der Waals surface area contributed by atoms with Crippen molar-refractivity contribution in [3.8, 4) is 0 Å². The Morgan fingerprint density at radius 3 is 2.69 bits per heavy atom. The van der Waals surface area contributed by atoms with Crippen LogP contribution < -0.4 is 9.62 Å². The van der Waals surface area contributed by atoms with Crippen LogP contribution in [0.2, 0.25) is 0 Å². The molecule has 2 rings (SSSR count). The van der Waals surface area contributed by atoms with Gasteiger partial charge in [0.1, 0.15) is 6.10 Å². The van der Waals surface area contributed by atoms with Crippen molar-refractivity contribution in [3.63, 3.8) is 0 Å². The zero-order valence-electron chi connectivity index (χ0n) is 14.9. The van der Waals surface area contributed by atoms with E-state index in [4.69, 9.17) is 9.47 Å². The van der Waals surface area contributed by atoms with Crippen LogP contribution in [-0.2, 0) is 24.3 Å². The van der Waals surface area contributed by atoms with E-state index in [9.17, 15) is 18.0 Å². The van der Waals surface area contributed by atoms with Gasteiger partial charge in [-0.3, -0.25) is 9.10 Å². The topological polar surface area (TPSA) is 102 Å². The molecule has 1 unspecified atom stereocenters. The Balaban J connectivity index is 2.13. The van der Waals surface area contributed by atoms with E-state index in [0.717, 1.165) is 17.0 Å². The number of rotatable bonds is 8. The van der Waals surface area contributed by atoms with Gasteiger partial charge in [-0.2, -0.15) is 0 Å². The van der Waals surface area contributed by atoms with Crippen molar-refractivity contribution in [2.24, 2.45) is 0 Å². The molecule has 1 amide bonds. The van der Waals surface area contributed by atoms with Crippen molar-refractivity contribution >= 4 is 27.6 Å². The first-order valence-corrected chi connectivity index (χ1v) is 10.3. The first-order valence-electron chi connectivity index (χ1n) is 8.47. The molecule has 0 radical (unpaired) electrons. The minimum Gasteiger partial charge on any atom is -0.462 e. The number of nitrogens with zero attached hydrogens (tertiary/aromatic N) is 1. The minimum absolute atomic E-state index is 0.00624. The molecule has 0 bridgehead atoms.